The Morgan fingerprint density at radius 3 is 2.65 bits per heavy atom. The topological polar surface area (TPSA) is 81.9 Å². The van der Waals surface area contributed by atoms with Crippen LogP contribution in [0.25, 0.3) is 6.08 Å². The number of hydrogen-bond acceptors (Lipinski definition) is 4. The number of carbonyl (C=O) groups is 2. The molecule has 2 fully saturated rings. The lowest BCUT2D eigenvalue weighted by Crippen LogP contribution is -2.45. The third-order valence-corrected chi connectivity index (χ3v) is 5.70. The van der Waals surface area contributed by atoms with E-state index in [1.165, 1.54) is 0 Å². The van der Waals surface area contributed by atoms with Gasteiger partial charge >= 0.3 is 0 Å². The van der Waals surface area contributed by atoms with Gasteiger partial charge in [0.2, 0.25) is 5.91 Å². The Morgan fingerprint density at radius 1 is 1.12 bits per heavy atom. The fraction of sp³-hybridized carbons (Fsp3) is 0.500. The number of amides is 2. The maximum absolute atomic E-state index is 12.8. The van der Waals surface area contributed by atoms with E-state index in [0.717, 1.165) is 24.2 Å². The highest BCUT2D eigenvalue weighted by atomic mass is 16.5. The molecule has 0 radical (unpaired) electrons. The number of carbonyl (C=O) groups excluding carboxylic acids is 2. The standard InChI is InChI=1S/C20H24N2O4/c21-19(23)16-7-10-25-18(16)13-5-8-22(9-6-13)20(24)15-11-14-3-1-2-4-17(14)26-12-15/h1-4,11,13,16,18H,5-10,12H2,(H2,21,23)/t16-,18+/m0/s1. The number of benzene rings is 1. The molecule has 3 aliphatic rings. The van der Waals surface area contributed by atoms with E-state index in [9.17, 15) is 9.59 Å². The Balaban J connectivity index is 1.39. The molecule has 0 saturated carbocycles. The van der Waals surface area contributed by atoms with Crippen LogP contribution in [0.3, 0.4) is 0 Å². The summed E-state index contributed by atoms with van der Waals surface area (Å²) in [7, 11) is 0. The Morgan fingerprint density at radius 2 is 1.88 bits per heavy atom. The summed E-state index contributed by atoms with van der Waals surface area (Å²) in [4.78, 5) is 26.3. The van der Waals surface area contributed by atoms with Gasteiger partial charge in [-0.3, -0.25) is 9.59 Å². The predicted molar refractivity (Wildman–Crippen MR) is 96.3 cm³/mol. The molecule has 0 unspecified atom stereocenters. The molecular weight excluding hydrogens is 332 g/mol. The Kier molecular flexibility index (Phi) is 4.68. The van der Waals surface area contributed by atoms with Crippen LogP contribution < -0.4 is 10.5 Å². The number of para-hydroxylation sites is 1. The van der Waals surface area contributed by atoms with Gasteiger partial charge in [0, 0.05) is 25.3 Å². The minimum absolute atomic E-state index is 0.0387. The third-order valence-electron chi connectivity index (χ3n) is 5.70. The van der Waals surface area contributed by atoms with Crippen LogP contribution >= 0.6 is 0 Å². The van der Waals surface area contributed by atoms with Crippen molar-refractivity contribution in [3.63, 3.8) is 0 Å². The first kappa shape index (κ1) is 17.1. The zero-order valence-corrected chi connectivity index (χ0v) is 14.7. The van der Waals surface area contributed by atoms with Crippen LogP contribution in [0.15, 0.2) is 29.8 Å². The summed E-state index contributed by atoms with van der Waals surface area (Å²) in [6, 6.07) is 7.73. The monoisotopic (exact) mass is 356 g/mol. The first-order chi connectivity index (χ1) is 12.6. The molecule has 2 atom stereocenters. The van der Waals surface area contributed by atoms with Gasteiger partial charge in [-0.05, 0) is 37.3 Å². The average molecular weight is 356 g/mol. The average Bonchev–Trinajstić information content (AvgIpc) is 3.17. The van der Waals surface area contributed by atoms with Crippen molar-refractivity contribution in [2.75, 3.05) is 26.3 Å². The zero-order chi connectivity index (χ0) is 18.1. The first-order valence-electron chi connectivity index (χ1n) is 9.26. The van der Waals surface area contributed by atoms with Crippen molar-refractivity contribution in [3.8, 4) is 5.75 Å². The molecule has 2 amide bonds. The molecule has 2 saturated heterocycles. The van der Waals surface area contributed by atoms with E-state index in [-0.39, 0.29) is 29.8 Å². The summed E-state index contributed by atoms with van der Waals surface area (Å²) in [5.41, 5.74) is 7.14. The molecule has 138 valence electrons. The summed E-state index contributed by atoms with van der Waals surface area (Å²) in [6.45, 7) is 2.26. The molecule has 6 heteroatoms. The van der Waals surface area contributed by atoms with Gasteiger partial charge < -0.3 is 20.1 Å². The smallest absolute Gasteiger partial charge is 0.253 e. The molecule has 3 heterocycles. The minimum atomic E-state index is -0.269. The van der Waals surface area contributed by atoms with Crippen LogP contribution in [0.5, 0.6) is 5.75 Å². The number of nitrogens with zero attached hydrogens (tertiary/aromatic N) is 1. The van der Waals surface area contributed by atoms with Gasteiger partial charge in [-0.15, -0.1) is 0 Å². The maximum atomic E-state index is 12.8. The number of rotatable bonds is 3. The summed E-state index contributed by atoms with van der Waals surface area (Å²) < 4.78 is 11.5. The van der Waals surface area contributed by atoms with E-state index in [1.807, 2.05) is 35.2 Å². The van der Waals surface area contributed by atoms with Gasteiger partial charge in [-0.25, -0.2) is 0 Å². The Bertz CT molecular complexity index is 737. The van der Waals surface area contributed by atoms with Crippen molar-refractivity contribution in [1.82, 2.24) is 4.90 Å². The number of nitrogens with two attached hydrogens (primary N) is 1. The lowest BCUT2D eigenvalue weighted by atomic mass is 9.84. The molecule has 0 aliphatic carbocycles. The fourth-order valence-electron chi connectivity index (χ4n) is 4.25. The van der Waals surface area contributed by atoms with Gasteiger partial charge in [0.25, 0.3) is 5.91 Å². The van der Waals surface area contributed by atoms with Crippen LogP contribution in [0.4, 0.5) is 0 Å². The molecule has 0 aromatic heterocycles. The second-order valence-electron chi connectivity index (χ2n) is 7.26. The molecule has 0 bridgehead atoms. The van der Waals surface area contributed by atoms with E-state index >= 15 is 0 Å². The van der Waals surface area contributed by atoms with E-state index in [1.54, 1.807) is 0 Å². The van der Waals surface area contributed by atoms with Crippen LogP contribution in [0.2, 0.25) is 0 Å². The van der Waals surface area contributed by atoms with Crippen LogP contribution in [0, 0.1) is 11.8 Å². The zero-order valence-electron chi connectivity index (χ0n) is 14.7. The normalized spacial score (nSPS) is 26.0. The molecule has 26 heavy (non-hydrogen) atoms. The number of fused-ring (bicyclic) bond motifs is 1. The highest BCUT2D eigenvalue weighted by Gasteiger charge is 2.40. The summed E-state index contributed by atoms with van der Waals surface area (Å²) in [6.07, 6.45) is 4.23. The van der Waals surface area contributed by atoms with Crippen molar-refractivity contribution < 1.29 is 19.1 Å². The van der Waals surface area contributed by atoms with Gasteiger partial charge in [0.1, 0.15) is 12.4 Å². The first-order valence-corrected chi connectivity index (χ1v) is 9.26. The molecular formula is C20H24N2O4. The van der Waals surface area contributed by atoms with Crippen molar-refractivity contribution >= 4 is 17.9 Å². The van der Waals surface area contributed by atoms with Crippen LogP contribution in [-0.2, 0) is 14.3 Å². The third kappa shape index (κ3) is 3.21. The lowest BCUT2D eigenvalue weighted by Gasteiger charge is -2.36. The van der Waals surface area contributed by atoms with Crippen molar-refractivity contribution in [1.29, 1.82) is 0 Å². The van der Waals surface area contributed by atoms with Crippen molar-refractivity contribution in [2.45, 2.75) is 25.4 Å². The number of primary amides is 1. The number of likely N-dealkylation sites (tertiary alicyclic amines) is 1. The van der Waals surface area contributed by atoms with Crippen LogP contribution in [-0.4, -0.2) is 49.1 Å². The molecule has 1 aromatic rings. The van der Waals surface area contributed by atoms with Crippen LogP contribution in [0.1, 0.15) is 24.8 Å². The minimum Gasteiger partial charge on any atom is -0.488 e. The predicted octanol–water partition coefficient (Wildman–Crippen LogP) is 1.59. The second kappa shape index (κ2) is 7.11. The molecule has 3 aliphatic heterocycles. The largest absolute Gasteiger partial charge is 0.488 e. The second-order valence-corrected chi connectivity index (χ2v) is 7.26. The van der Waals surface area contributed by atoms with E-state index < -0.39 is 0 Å². The van der Waals surface area contributed by atoms with Gasteiger partial charge in [0.15, 0.2) is 0 Å². The summed E-state index contributed by atoms with van der Waals surface area (Å²) in [5, 5.41) is 0. The highest BCUT2D eigenvalue weighted by Crippen LogP contribution is 2.34. The molecule has 2 N–H and O–H groups in total. The molecule has 1 aromatic carbocycles. The maximum Gasteiger partial charge on any atom is 0.253 e. The lowest BCUT2D eigenvalue weighted by molar-refractivity contribution is -0.131. The number of piperidine rings is 1. The van der Waals surface area contributed by atoms with E-state index in [4.69, 9.17) is 15.2 Å². The molecule has 0 spiro atoms. The molecule has 6 nitrogen and oxygen atoms in total. The van der Waals surface area contributed by atoms with E-state index in [0.29, 0.717) is 38.3 Å². The highest BCUT2D eigenvalue weighted by molar-refractivity contribution is 5.99. The summed E-state index contributed by atoms with van der Waals surface area (Å²) in [5.74, 6) is 0.689. The quantitative estimate of drug-likeness (QED) is 0.892. The van der Waals surface area contributed by atoms with E-state index in [2.05, 4.69) is 0 Å². The van der Waals surface area contributed by atoms with Crippen molar-refractivity contribution in [2.24, 2.45) is 17.6 Å². The SMILES string of the molecule is NC(=O)[C@H]1CCO[C@@H]1C1CCN(C(=O)C2=Cc3ccccc3OC2)CC1. The number of ether oxygens (including phenoxy) is 2. The van der Waals surface area contributed by atoms with Gasteiger partial charge in [-0.2, -0.15) is 0 Å². The number of hydrogen-bond donors (Lipinski definition) is 1. The van der Waals surface area contributed by atoms with Gasteiger partial charge in [-0.1, -0.05) is 18.2 Å². The van der Waals surface area contributed by atoms with Crippen molar-refractivity contribution in [3.05, 3.63) is 35.4 Å². The summed E-state index contributed by atoms with van der Waals surface area (Å²) >= 11 is 0. The molecule has 4 rings (SSSR count). The van der Waals surface area contributed by atoms with Gasteiger partial charge in [0.05, 0.1) is 17.6 Å². The Labute approximate surface area is 152 Å². The fourth-order valence-corrected chi connectivity index (χ4v) is 4.25. The Hall–Kier alpha value is -2.34.